The molecule has 3 heterocycles. The van der Waals surface area contributed by atoms with Crippen LogP contribution in [0.4, 0.5) is 0 Å². The van der Waals surface area contributed by atoms with E-state index in [1.807, 2.05) is 42.6 Å². The maximum Gasteiger partial charge on any atom is 0.270 e. The molecule has 1 atom stereocenters. The molecular formula is C17H15N3O2. The predicted octanol–water partition coefficient (Wildman–Crippen LogP) is 2.07. The van der Waals surface area contributed by atoms with E-state index in [0.29, 0.717) is 12.2 Å². The molecule has 1 N–H and O–H groups in total. The molecule has 3 aromatic rings. The molecule has 1 amide bonds. The normalized spacial score (nSPS) is 16.3. The standard InChI is InChI=1S/C17H15N3O2/c21-17(14-11-18-16-7-3-4-8-20(14)16)19-10-13-9-12-5-1-2-6-15(12)22-13/h1-8,11,13H,9-10H2,(H,19,21). The number of benzene rings is 1. The number of pyridine rings is 1. The minimum atomic E-state index is -0.141. The first kappa shape index (κ1) is 12.9. The fourth-order valence-electron chi connectivity index (χ4n) is 2.77. The minimum Gasteiger partial charge on any atom is -0.488 e. The number of fused-ring (bicyclic) bond motifs is 2. The van der Waals surface area contributed by atoms with Crippen molar-refractivity contribution in [2.24, 2.45) is 0 Å². The van der Waals surface area contributed by atoms with Gasteiger partial charge in [0, 0.05) is 12.6 Å². The lowest BCUT2D eigenvalue weighted by Crippen LogP contribution is -2.34. The summed E-state index contributed by atoms with van der Waals surface area (Å²) in [5, 5.41) is 2.93. The molecule has 1 aromatic carbocycles. The van der Waals surface area contributed by atoms with Crippen LogP contribution in [0.1, 0.15) is 16.1 Å². The summed E-state index contributed by atoms with van der Waals surface area (Å²) in [7, 11) is 0. The number of nitrogens with zero attached hydrogens (tertiary/aromatic N) is 2. The SMILES string of the molecule is O=C(NCC1Cc2ccccc2O1)c1cnc2ccccn12. The summed E-state index contributed by atoms with van der Waals surface area (Å²) in [4.78, 5) is 16.5. The number of para-hydroxylation sites is 1. The molecule has 5 heteroatoms. The van der Waals surface area contributed by atoms with Crippen molar-refractivity contribution in [1.82, 2.24) is 14.7 Å². The topological polar surface area (TPSA) is 55.6 Å². The van der Waals surface area contributed by atoms with Crippen LogP contribution in [0.5, 0.6) is 5.75 Å². The number of carbonyl (C=O) groups excluding carboxylic acids is 1. The molecule has 22 heavy (non-hydrogen) atoms. The average Bonchev–Trinajstić information content (AvgIpc) is 3.16. The summed E-state index contributed by atoms with van der Waals surface area (Å²) in [6.07, 6.45) is 4.23. The Hall–Kier alpha value is -2.82. The highest BCUT2D eigenvalue weighted by Crippen LogP contribution is 2.27. The molecule has 0 spiro atoms. The van der Waals surface area contributed by atoms with E-state index in [9.17, 15) is 4.79 Å². The summed E-state index contributed by atoms with van der Waals surface area (Å²) in [5.41, 5.74) is 2.49. The third-order valence-corrected chi connectivity index (χ3v) is 3.85. The highest BCUT2D eigenvalue weighted by Gasteiger charge is 2.23. The Balaban J connectivity index is 1.43. The van der Waals surface area contributed by atoms with Crippen LogP contribution in [0.25, 0.3) is 5.65 Å². The van der Waals surface area contributed by atoms with Crippen LogP contribution in [-0.4, -0.2) is 27.9 Å². The van der Waals surface area contributed by atoms with Crippen molar-refractivity contribution in [2.75, 3.05) is 6.54 Å². The molecule has 110 valence electrons. The van der Waals surface area contributed by atoms with E-state index in [0.717, 1.165) is 17.8 Å². The Kier molecular flexibility index (Phi) is 3.04. The van der Waals surface area contributed by atoms with Gasteiger partial charge in [-0.3, -0.25) is 9.20 Å². The Morgan fingerprint density at radius 1 is 1.27 bits per heavy atom. The zero-order valence-corrected chi connectivity index (χ0v) is 11.9. The Morgan fingerprint density at radius 3 is 3.05 bits per heavy atom. The fourth-order valence-corrected chi connectivity index (χ4v) is 2.77. The van der Waals surface area contributed by atoms with Crippen molar-refractivity contribution >= 4 is 11.6 Å². The number of hydrogen-bond acceptors (Lipinski definition) is 3. The zero-order chi connectivity index (χ0) is 14.9. The molecule has 0 saturated carbocycles. The van der Waals surface area contributed by atoms with Crippen LogP contribution >= 0.6 is 0 Å². The molecule has 5 nitrogen and oxygen atoms in total. The van der Waals surface area contributed by atoms with Gasteiger partial charge in [0.1, 0.15) is 23.2 Å². The van der Waals surface area contributed by atoms with Crippen molar-refractivity contribution in [3.05, 3.63) is 66.1 Å². The van der Waals surface area contributed by atoms with Gasteiger partial charge in [-0.25, -0.2) is 4.98 Å². The van der Waals surface area contributed by atoms with Crippen LogP contribution in [0.3, 0.4) is 0 Å². The first-order chi connectivity index (χ1) is 10.8. The van der Waals surface area contributed by atoms with E-state index in [1.165, 1.54) is 5.56 Å². The number of amides is 1. The predicted molar refractivity (Wildman–Crippen MR) is 82.1 cm³/mol. The van der Waals surface area contributed by atoms with Crippen molar-refractivity contribution in [3.63, 3.8) is 0 Å². The van der Waals surface area contributed by atoms with Crippen molar-refractivity contribution in [2.45, 2.75) is 12.5 Å². The first-order valence-electron chi connectivity index (χ1n) is 7.26. The lowest BCUT2D eigenvalue weighted by atomic mass is 10.1. The second-order valence-electron chi connectivity index (χ2n) is 5.33. The Bertz CT molecular complexity index is 816. The van der Waals surface area contributed by atoms with Crippen molar-refractivity contribution in [1.29, 1.82) is 0 Å². The van der Waals surface area contributed by atoms with E-state index in [-0.39, 0.29) is 12.0 Å². The van der Waals surface area contributed by atoms with E-state index in [2.05, 4.69) is 16.4 Å². The van der Waals surface area contributed by atoms with Gasteiger partial charge in [-0.15, -0.1) is 0 Å². The Labute approximate surface area is 127 Å². The number of hydrogen-bond donors (Lipinski definition) is 1. The van der Waals surface area contributed by atoms with Gasteiger partial charge >= 0.3 is 0 Å². The van der Waals surface area contributed by atoms with Crippen LogP contribution in [0.15, 0.2) is 54.9 Å². The van der Waals surface area contributed by atoms with Gasteiger partial charge < -0.3 is 10.1 Å². The lowest BCUT2D eigenvalue weighted by Gasteiger charge is -2.11. The van der Waals surface area contributed by atoms with Gasteiger partial charge in [-0.05, 0) is 23.8 Å². The zero-order valence-electron chi connectivity index (χ0n) is 11.9. The summed E-state index contributed by atoms with van der Waals surface area (Å²) in [5.74, 6) is 0.773. The average molecular weight is 293 g/mol. The fraction of sp³-hybridized carbons (Fsp3) is 0.176. The smallest absolute Gasteiger partial charge is 0.270 e. The number of rotatable bonds is 3. The maximum atomic E-state index is 12.3. The molecule has 0 radical (unpaired) electrons. The minimum absolute atomic E-state index is 0.0134. The number of ether oxygens (including phenoxy) is 1. The number of carbonyl (C=O) groups is 1. The van der Waals surface area contributed by atoms with Gasteiger partial charge in [0.05, 0.1) is 12.7 Å². The van der Waals surface area contributed by atoms with Gasteiger partial charge in [0.15, 0.2) is 0 Å². The van der Waals surface area contributed by atoms with Crippen LogP contribution in [-0.2, 0) is 6.42 Å². The molecule has 1 aliphatic heterocycles. The van der Waals surface area contributed by atoms with Gasteiger partial charge in [0.25, 0.3) is 5.91 Å². The Morgan fingerprint density at radius 2 is 2.14 bits per heavy atom. The second kappa shape index (κ2) is 5.18. The van der Waals surface area contributed by atoms with E-state index >= 15 is 0 Å². The monoisotopic (exact) mass is 293 g/mol. The summed E-state index contributed by atoms with van der Waals surface area (Å²) >= 11 is 0. The molecule has 0 fully saturated rings. The largest absolute Gasteiger partial charge is 0.488 e. The van der Waals surface area contributed by atoms with Crippen LogP contribution < -0.4 is 10.1 Å². The van der Waals surface area contributed by atoms with Gasteiger partial charge in [0.2, 0.25) is 0 Å². The highest BCUT2D eigenvalue weighted by atomic mass is 16.5. The lowest BCUT2D eigenvalue weighted by molar-refractivity contribution is 0.0927. The first-order valence-corrected chi connectivity index (χ1v) is 7.26. The van der Waals surface area contributed by atoms with Gasteiger partial charge in [-0.1, -0.05) is 24.3 Å². The summed E-state index contributed by atoms with van der Waals surface area (Å²) in [6.45, 7) is 0.480. The van der Waals surface area contributed by atoms with Crippen LogP contribution in [0, 0.1) is 0 Å². The second-order valence-corrected chi connectivity index (χ2v) is 5.33. The van der Waals surface area contributed by atoms with Crippen LogP contribution in [0.2, 0.25) is 0 Å². The molecule has 1 aliphatic rings. The third-order valence-electron chi connectivity index (χ3n) is 3.85. The van der Waals surface area contributed by atoms with E-state index < -0.39 is 0 Å². The molecular weight excluding hydrogens is 278 g/mol. The van der Waals surface area contributed by atoms with E-state index in [1.54, 1.807) is 10.6 Å². The summed E-state index contributed by atoms with van der Waals surface area (Å²) < 4.78 is 7.60. The summed E-state index contributed by atoms with van der Waals surface area (Å²) in [6, 6.07) is 13.6. The molecule has 0 saturated heterocycles. The molecule has 1 unspecified atom stereocenters. The molecule has 2 aromatic heterocycles. The van der Waals surface area contributed by atoms with Gasteiger partial charge in [-0.2, -0.15) is 0 Å². The number of imidazole rings is 1. The highest BCUT2D eigenvalue weighted by molar-refractivity contribution is 5.93. The van der Waals surface area contributed by atoms with E-state index in [4.69, 9.17) is 4.74 Å². The molecule has 0 bridgehead atoms. The van der Waals surface area contributed by atoms with Crippen molar-refractivity contribution in [3.8, 4) is 5.75 Å². The third kappa shape index (κ3) is 2.20. The number of aromatic nitrogens is 2. The molecule has 0 aliphatic carbocycles. The quantitative estimate of drug-likeness (QED) is 0.804. The maximum absolute atomic E-state index is 12.3. The molecule has 4 rings (SSSR count). The van der Waals surface area contributed by atoms with Crippen molar-refractivity contribution < 1.29 is 9.53 Å². The number of nitrogens with one attached hydrogen (secondary N) is 1.